The molecule has 1 atom stereocenters. The van der Waals surface area contributed by atoms with Crippen molar-refractivity contribution in [1.82, 2.24) is 15.3 Å². The van der Waals surface area contributed by atoms with Crippen LogP contribution in [-0.4, -0.2) is 32.7 Å². The van der Waals surface area contributed by atoms with E-state index in [9.17, 15) is 9.59 Å². The molecule has 0 bridgehead atoms. The van der Waals surface area contributed by atoms with E-state index in [0.717, 1.165) is 5.56 Å². The fraction of sp³-hybridized carbons (Fsp3) is 0.333. The van der Waals surface area contributed by atoms with Crippen molar-refractivity contribution in [2.75, 3.05) is 0 Å². The number of aliphatic carboxylic acids is 1. The van der Waals surface area contributed by atoms with Crippen LogP contribution in [0.5, 0.6) is 0 Å². The van der Waals surface area contributed by atoms with E-state index in [2.05, 4.69) is 15.3 Å². The number of alkyl carbamates (subject to hydrolysis) is 1. The molecule has 0 saturated heterocycles. The lowest BCUT2D eigenvalue weighted by molar-refractivity contribution is -0.137. The number of nitrogens with zero attached hydrogens (tertiary/aromatic N) is 2. The molecule has 1 aromatic carbocycles. The summed E-state index contributed by atoms with van der Waals surface area (Å²) < 4.78 is 5.17. The molecule has 0 aliphatic heterocycles. The van der Waals surface area contributed by atoms with Gasteiger partial charge in [0.15, 0.2) is 0 Å². The average molecular weight is 356 g/mol. The molecule has 2 rings (SSSR count). The standard InChI is InChI=1S/C18H20N4O4/c1-18(2,3)26-17(25)22-13(8-15(23)24)16-20-10-14(21-16)12-6-4-11(9-19)5-7-12/h4-7,10,13H,8H2,1-3H3,(H,20,21)(H,22,25)(H,23,24). The molecule has 3 N–H and O–H groups in total. The number of aromatic amines is 1. The first-order chi connectivity index (χ1) is 12.2. The number of benzene rings is 1. The van der Waals surface area contributed by atoms with Crippen LogP contribution in [0, 0.1) is 11.3 Å². The predicted molar refractivity (Wildman–Crippen MR) is 93.1 cm³/mol. The predicted octanol–water partition coefficient (Wildman–Crippen LogP) is 2.99. The minimum absolute atomic E-state index is 0.303. The Morgan fingerprint density at radius 2 is 2.00 bits per heavy atom. The Morgan fingerprint density at radius 3 is 2.54 bits per heavy atom. The van der Waals surface area contributed by atoms with Crippen molar-refractivity contribution < 1.29 is 19.4 Å². The molecular weight excluding hydrogens is 336 g/mol. The largest absolute Gasteiger partial charge is 0.481 e. The van der Waals surface area contributed by atoms with Crippen molar-refractivity contribution in [2.45, 2.75) is 38.8 Å². The van der Waals surface area contributed by atoms with Gasteiger partial charge in [0.2, 0.25) is 0 Å². The number of nitriles is 1. The molecule has 26 heavy (non-hydrogen) atoms. The van der Waals surface area contributed by atoms with Gasteiger partial charge in [-0.05, 0) is 38.5 Å². The number of nitrogens with one attached hydrogen (secondary N) is 2. The summed E-state index contributed by atoms with van der Waals surface area (Å²) in [6.07, 6.45) is 0.474. The molecule has 0 aliphatic carbocycles. The third-order valence-electron chi connectivity index (χ3n) is 3.32. The Hall–Kier alpha value is -3.34. The summed E-state index contributed by atoms with van der Waals surface area (Å²) in [5.41, 5.74) is 1.26. The van der Waals surface area contributed by atoms with Gasteiger partial charge >= 0.3 is 12.1 Å². The van der Waals surface area contributed by atoms with Crippen LogP contribution in [0.4, 0.5) is 4.79 Å². The van der Waals surface area contributed by atoms with Gasteiger partial charge in [-0.25, -0.2) is 9.78 Å². The first-order valence-corrected chi connectivity index (χ1v) is 7.94. The van der Waals surface area contributed by atoms with Crippen LogP contribution in [0.3, 0.4) is 0 Å². The molecule has 0 radical (unpaired) electrons. The first-order valence-electron chi connectivity index (χ1n) is 7.94. The van der Waals surface area contributed by atoms with Crippen molar-refractivity contribution in [3.05, 3.63) is 41.9 Å². The summed E-state index contributed by atoms with van der Waals surface area (Å²) in [6, 6.07) is 8.02. The van der Waals surface area contributed by atoms with E-state index < -0.39 is 23.7 Å². The van der Waals surface area contributed by atoms with E-state index in [1.807, 2.05) is 6.07 Å². The molecule has 1 amide bonds. The van der Waals surface area contributed by atoms with Crippen LogP contribution < -0.4 is 5.32 Å². The van der Waals surface area contributed by atoms with Gasteiger partial charge in [0, 0.05) is 0 Å². The SMILES string of the molecule is CC(C)(C)OC(=O)NC(CC(=O)O)c1ncc(-c2ccc(C#N)cc2)[nH]1. The number of imidazole rings is 1. The maximum atomic E-state index is 12.0. The zero-order chi connectivity index (χ0) is 19.3. The molecule has 8 heteroatoms. The van der Waals surface area contributed by atoms with Crippen molar-refractivity contribution in [3.63, 3.8) is 0 Å². The van der Waals surface area contributed by atoms with Crippen LogP contribution in [0.1, 0.15) is 44.6 Å². The fourth-order valence-electron chi connectivity index (χ4n) is 2.23. The molecule has 1 aromatic heterocycles. The van der Waals surface area contributed by atoms with E-state index in [1.165, 1.54) is 0 Å². The number of amides is 1. The Kier molecular flexibility index (Phi) is 5.62. The molecule has 0 spiro atoms. The maximum Gasteiger partial charge on any atom is 0.408 e. The second-order valence-electron chi connectivity index (χ2n) is 6.67. The fourth-order valence-corrected chi connectivity index (χ4v) is 2.23. The van der Waals surface area contributed by atoms with E-state index in [1.54, 1.807) is 51.2 Å². The number of hydrogen-bond donors (Lipinski definition) is 3. The first kappa shape index (κ1) is 19.0. The Morgan fingerprint density at radius 1 is 1.35 bits per heavy atom. The molecule has 0 fully saturated rings. The number of hydrogen-bond acceptors (Lipinski definition) is 5. The lowest BCUT2D eigenvalue weighted by Crippen LogP contribution is -2.36. The Labute approximate surface area is 150 Å². The Bertz CT molecular complexity index is 828. The lowest BCUT2D eigenvalue weighted by Gasteiger charge is -2.22. The molecule has 0 aliphatic rings. The number of carbonyl (C=O) groups excluding carboxylic acids is 1. The van der Waals surface area contributed by atoms with E-state index in [-0.39, 0.29) is 6.42 Å². The minimum Gasteiger partial charge on any atom is -0.481 e. The Balaban J connectivity index is 2.20. The number of carboxylic acids is 1. The third kappa shape index (κ3) is 5.34. The zero-order valence-electron chi connectivity index (χ0n) is 14.7. The van der Waals surface area contributed by atoms with Gasteiger partial charge in [-0.15, -0.1) is 0 Å². The number of aromatic nitrogens is 2. The van der Waals surface area contributed by atoms with Gasteiger partial charge in [0.1, 0.15) is 17.5 Å². The van der Waals surface area contributed by atoms with Crippen LogP contribution >= 0.6 is 0 Å². The second kappa shape index (κ2) is 7.70. The smallest absolute Gasteiger partial charge is 0.408 e. The quantitative estimate of drug-likeness (QED) is 0.755. The van der Waals surface area contributed by atoms with Crippen molar-refractivity contribution in [3.8, 4) is 17.3 Å². The van der Waals surface area contributed by atoms with E-state index in [0.29, 0.717) is 17.1 Å². The van der Waals surface area contributed by atoms with Crippen molar-refractivity contribution in [2.24, 2.45) is 0 Å². The topological polar surface area (TPSA) is 128 Å². The minimum atomic E-state index is -1.08. The molecular formula is C18H20N4O4. The summed E-state index contributed by atoms with van der Waals surface area (Å²) in [5, 5.41) is 20.5. The molecule has 1 heterocycles. The van der Waals surface area contributed by atoms with Crippen LogP contribution in [-0.2, 0) is 9.53 Å². The van der Waals surface area contributed by atoms with Gasteiger partial charge in [0.05, 0.1) is 29.9 Å². The number of carboxylic acid groups (broad SMARTS) is 1. The van der Waals surface area contributed by atoms with Crippen molar-refractivity contribution >= 4 is 12.1 Å². The summed E-state index contributed by atoms with van der Waals surface area (Å²) in [4.78, 5) is 30.3. The highest BCUT2D eigenvalue weighted by Crippen LogP contribution is 2.22. The van der Waals surface area contributed by atoms with Gasteiger partial charge in [-0.1, -0.05) is 12.1 Å². The van der Waals surface area contributed by atoms with Crippen LogP contribution in [0.15, 0.2) is 30.5 Å². The molecule has 8 nitrogen and oxygen atoms in total. The highest BCUT2D eigenvalue weighted by atomic mass is 16.6. The molecule has 136 valence electrons. The molecule has 1 unspecified atom stereocenters. The van der Waals surface area contributed by atoms with Gasteiger partial charge in [0.25, 0.3) is 0 Å². The number of carbonyl (C=O) groups is 2. The average Bonchev–Trinajstić information content (AvgIpc) is 3.02. The number of rotatable bonds is 5. The van der Waals surface area contributed by atoms with Crippen LogP contribution in [0.2, 0.25) is 0 Å². The lowest BCUT2D eigenvalue weighted by atomic mass is 10.1. The molecule has 0 saturated carbocycles. The summed E-state index contributed by atoms with van der Waals surface area (Å²) in [5.74, 6) is -0.778. The maximum absolute atomic E-state index is 12.0. The third-order valence-corrected chi connectivity index (χ3v) is 3.32. The van der Waals surface area contributed by atoms with Crippen LogP contribution in [0.25, 0.3) is 11.3 Å². The summed E-state index contributed by atoms with van der Waals surface area (Å²) >= 11 is 0. The van der Waals surface area contributed by atoms with Gasteiger partial charge < -0.3 is 20.1 Å². The van der Waals surface area contributed by atoms with Gasteiger partial charge in [-0.2, -0.15) is 5.26 Å². The molecule has 2 aromatic rings. The number of ether oxygens (including phenoxy) is 1. The summed E-state index contributed by atoms with van der Waals surface area (Å²) in [7, 11) is 0. The summed E-state index contributed by atoms with van der Waals surface area (Å²) in [6.45, 7) is 5.15. The van der Waals surface area contributed by atoms with Gasteiger partial charge in [-0.3, -0.25) is 4.79 Å². The second-order valence-corrected chi connectivity index (χ2v) is 6.67. The number of H-pyrrole nitrogens is 1. The van der Waals surface area contributed by atoms with Crippen molar-refractivity contribution in [1.29, 1.82) is 5.26 Å². The monoisotopic (exact) mass is 356 g/mol. The zero-order valence-corrected chi connectivity index (χ0v) is 14.7. The highest BCUT2D eigenvalue weighted by molar-refractivity contribution is 5.72. The normalized spacial score (nSPS) is 12.1. The van der Waals surface area contributed by atoms with E-state index in [4.69, 9.17) is 15.1 Å². The highest BCUT2D eigenvalue weighted by Gasteiger charge is 2.24. The van der Waals surface area contributed by atoms with E-state index >= 15 is 0 Å².